The molecule has 0 heterocycles. The molecule has 13 heavy (non-hydrogen) atoms. The molecule has 1 atom stereocenters. The molecule has 1 unspecified atom stereocenters. The maximum atomic E-state index is 11.0. The highest BCUT2D eigenvalue weighted by atomic mass is 17.1. The summed E-state index contributed by atoms with van der Waals surface area (Å²) in [5.74, 6) is -0.836. The van der Waals surface area contributed by atoms with E-state index < -0.39 is 5.97 Å². The quantitative estimate of drug-likeness (QED) is 0.404. The lowest BCUT2D eigenvalue weighted by Crippen LogP contribution is -2.43. The fraction of sp³-hybridized carbons (Fsp3) is 0.667. The number of methoxy groups -OCH3 is 1. The maximum absolute atomic E-state index is 11.0. The molecule has 4 nitrogen and oxygen atoms in total. The van der Waals surface area contributed by atoms with E-state index >= 15 is 0 Å². The Hall–Kier alpha value is -1.03. The first-order valence-electron chi connectivity index (χ1n) is 4.11. The minimum absolute atomic E-state index is 0.265. The van der Waals surface area contributed by atoms with Crippen LogP contribution < -0.4 is 0 Å². The fourth-order valence-electron chi connectivity index (χ4n) is 1.61. The summed E-state index contributed by atoms with van der Waals surface area (Å²) in [7, 11) is 1.57. The number of carbonyl (C=O) groups excluding carboxylic acids is 1. The summed E-state index contributed by atoms with van der Waals surface area (Å²) in [5.41, 5.74) is 0.793. The minimum atomic E-state index is -0.571. The molecule has 1 aliphatic carbocycles. The van der Waals surface area contributed by atoms with Crippen LogP contribution in [0.1, 0.15) is 20.3 Å². The van der Waals surface area contributed by atoms with Gasteiger partial charge in [-0.2, -0.15) is 5.26 Å². The molecule has 74 valence electrons. The molecule has 0 aromatic rings. The lowest BCUT2D eigenvalue weighted by atomic mass is 9.59. The zero-order valence-electron chi connectivity index (χ0n) is 8.03. The molecule has 0 aliphatic heterocycles. The van der Waals surface area contributed by atoms with Crippen LogP contribution in [0.25, 0.3) is 0 Å². The van der Waals surface area contributed by atoms with Gasteiger partial charge in [0.05, 0.1) is 19.3 Å². The van der Waals surface area contributed by atoms with Crippen LogP contribution in [0.4, 0.5) is 0 Å². The highest BCUT2D eigenvalue weighted by Crippen LogP contribution is 2.51. The molecule has 0 saturated heterocycles. The zero-order valence-corrected chi connectivity index (χ0v) is 8.03. The summed E-state index contributed by atoms with van der Waals surface area (Å²) in [4.78, 5) is 14.7. The Balaban J connectivity index is 2.69. The Morgan fingerprint density at radius 2 is 2.31 bits per heavy atom. The molecule has 1 rings (SSSR count). The molecule has 1 fully saturated rings. The van der Waals surface area contributed by atoms with E-state index in [1.165, 1.54) is 0 Å². The summed E-state index contributed by atoms with van der Waals surface area (Å²) in [5, 5.41) is 8.22. The first-order chi connectivity index (χ1) is 6.04. The van der Waals surface area contributed by atoms with Crippen molar-refractivity contribution in [1.82, 2.24) is 0 Å². The number of allylic oxidation sites excluding steroid dienone is 1. The molecule has 1 saturated carbocycles. The highest BCUT2D eigenvalue weighted by molar-refractivity contribution is 5.76. The normalized spacial score (nSPS) is 28.0. The Bertz CT molecular complexity index is 242. The first-order valence-corrected chi connectivity index (χ1v) is 4.11. The lowest BCUT2D eigenvalue weighted by Gasteiger charge is -2.44. The van der Waals surface area contributed by atoms with Gasteiger partial charge in [-0.25, -0.2) is 4.79 Å². The molecule has 4 heteroatoms. The van der Waals surface area contributed by atoms with Crippen LogP contribution in [0.15, 0.2) is 11.8 Å². The van der Waals surface area contributed by atoms with Crippen molar-refractivity contribution in [3.05, 3.63) is 11.8 Å². The highest BCUT2D eigenvalue weighted by Gasteiger charge is 2.49. The van der Waals surface area contributed by atoms with Gasteiger partial charge in [-0.3, -0.25) is 0 Å². The van der Waals surface area contributed by atoms with Gasteiger partial charge in [-0.1, -0.05) is 13.8 Å². The van der Waals surface area contributed by atoms with Crippen LogP contribution in [-0.4, -0.2) is 18.3 Å². The number of carbonyl (C=O) groups is 1. The van der Waals surface area contributed by atoms with Crippen LogP contribution in [0.5, 0.6) is 0 Å². The van der Waals surface area contributed by atoms with Gasteiger partial charge in [0.25, 0.3) is 0 Å². The minimum Gasteiger partial charge on any atom is -0.504 e. The van der Waals surface area contributed by atoms with Gasteiger partial charge in [0.15, 0.2) is 0 Å². The van der Waals surface area contributed by atoms with Crippen molar-refractivity contribution in [3.8, 4) is 0 Å². The van der Waals surface area contributed by atoms with Crippen LogP contribution in [0, 0.1) is 11.3 Å². The van der Waals surface area contributed by atoms with Crippen molar-refractivity contribution in [3.63, 3.8) is 0 Å². The summed E-state index contributed by atoms with van der Waals surface area (Å²) >= 11 is 0. The van der Waals surface area contributed by atoms with Crippen molar-refractivity contribution in [2.75, 3.05) is 7.11 Å². The maximum Gasteiger partial charge on any atom is 0.346 e. The lowest BCUT2D eigenvalue weighted by molar-refractivity contribution is -0.244. The van der Waals surface area contributed by atoms with Gasteiger partial charge in [0.1, 0.15) is 0 Å². The number of hydrogen-bond acceptors (Lipinski definition) is 4. The van der Waals surface area contributed by atoms with Gasteiger partial charge in [-0.05, 0) is 12.0 Å². The predicted octanol–water partition coefficient (Wildman–Crippen LogP) is 1.58. The molecule has 0 aromatic heterocycles. The van der Waals surface area contributed by atoms with Crippen molar-refractivity contribution < 1.29 is 19.7 Å². The van der Waals surface area contributed by atoms with E-state index in [-0.39, 0.29) is 11.3 Å². The third-order valence-corrected chi connectivity index (χ3v) is 2.76. The summed E-state index contributed by atoms with van der Waals surface area (Å²) in [6, 6.07) is 0. The Morgan fingerprint density at radius 1 is 1.69 bits per heavy atom. The van der Waals surface area contributed by atoms with E-state index in [0.29, 0.717) is 6.42 Å². The first kappa shape index (κ1) is 10.1. The van der Waals surface area contributed by atoms with E-state index in [9.17, 15) is 4.79 Å². The van der Waals surface area contributed by atoms with Crippen molar-refractivity contribution in [2.24, 2.45) is 11.3 Å². The third kappa shape index (κ3) is 1.54. The molecule has 0 bridgehead atoms. The molecular formula is C9H14O4. The van der Waals surface area contributed by atoms with E-state index in [0.717, 1.165) is 5.57 Å². The number of ether oxygens (including phenoxy) is 1. The monoisotopic (exact) mass is 186 g/mol. The van der Waals surface area contributed by atoms with Gasteiger partial charge in [-0.15, -0.1) is 0 Å². The average molecular weight is 186 g/mol. The summed E-state index contributed by atoms with van der Waals surface area (Å²) in [6.07, 6.45) is 2.24. The molecule has 1 aliphatic rings. The van der Waals surface area contributed by atoms with Crippen LogP contribution >= 0.6 is 0 Å². The van der Waals surface area contributed by atoms with Crippen molar-refractivity contribution >= 4 is 5.97 Å². The van der Waals surface area contributed by atoms with E-state index in [1.807, 2.05) is 13.8 Å². The third-order valence-electron chi connectivity index (χ3n) is 2.76. The zero-order chi connectivity index (χ0) is 10.1. The number of rotatable bonds is 2. The molecule has 0 spiro atoms. The van der Waals surface area contributed by atoms with Crippen LogP contribution in [0.3, 0.4) is 0 Å². The summed E-state index contributed by atoms with van der Waals surface area (Å²) in [6.45, 7) is 3.84. The Kier molecular flexibility index (Phi) is 2.61. The fourth-order valence-corrected chi connectivity index (χ4v) is 1.61. The molecule has 1 N–H and O–H groups in total. The Morgan fingerprint density at radius 3 is 2.69 bits per heavy atom. The van der Waals surface area contributed by atoms with E-state index in [1.54, 1.807) is 13.4 Å². The van der Waals surface area contributed by atoms with Gasteiger partial charge >= 0.3 is 5.97 Å². The Labute approximate surface area is 77.1 Å². The van der Waals surface area contributed by atoms with E-state index in [4.69, 9.17) is 9.99 Å². The second-order valence-corrected chi connectivity index (χ2v) is 3.77. The second kappa shape index (κ2) is 3.38. The van der Waals surface area contributed by atoms with Crippen molar-refractivity contribution in [2.45, 2.75) is 20.3 Å². The molecule has 0 aromatic carbocycles. The summed E-state index contributed by atoms with van der Waals surface area (Å²) < 4.78 is 4.87. The average Bonchev–Trinajstić information content (AvgIpc) is 2.10. The van der Waals surface area contributed by atoms with E-state index in [2.05, 4.69) is 4.89 Å². The van der Waals surface area contributed by atoms with Gasteiger partial charge < -0.3 is 9.62 Å². The molecular weight excluding hydrogens is 172 g/mol. The molecule has 0 radical (unpaired) electrons. The number of hydrogen-bond donors (Lipinski definition) is 1. The van der Waals surface area contributed by atoms with Gasteiger partial charge in [0.2, 0.25) is 0 Å². The van der Waals surface area contributed by atoms with Crippen molar-refractivity contribution in [1.29, 1.82) is 0 Å². The van der Waals surface area contributed by atoms with Crippen LogP contribution in [-0.2, 0) is 14.4 Å². The predicted molar refractivity (Wildman–Crippen MR) is 45.7 cm³/mol. The van der Waals surface area contributed by atoms with Gasteiger partial charge in [0, 0.05) is 5.41 Å². The SMILES string of the molecule is COC=C1CC(C(=O)OO)C1(C)C. The van der Waals surface area contributed by atoms with Crippen LogP contribution in [0.2, 0.25) is 0 Å². The topological polar surface area (TPSA) is 55.8 Å². The second-order valence-electron chi connectivity index (χ2n) is 3.77. The largest absolute Gasteiger partial charge is 0.504 e. The molecule has 0 amide bonds. The smallest absolute Gasteiger partial charge is 0.346 e. The standard InChI is InChI=1S/C9H14O4/c1-9(2)6(5-12-3)4-7(9)8(10)13-11/h5,7,11H,4H2,1-3H3.